The summed E-state index contributed by atoms with van der Waals surface area (Å²) in [5.74, 6) is -0.279. The molecule has 5 heteroatoms. The van der Waals surface area contributed by atoms with Gasteiger partial charge in [0.1, 0.15) is 5.69 Å². The fourth-order valence-corrected chi connectivity index (χ4v) is 1.91. The van der Waals surface area contributed by atoms with Crippen molar-refractivity contribution in [3.63, 3.8) is 0 Å². The molecular weight excluding hydrogens is 262 g/mol. The van der Waals surface area contributed by atoms with Crippen molar-refractivity contribution in [3.8, 4) is 0 Å². The minimum atomic E-state index is -0.279. The lowest BCUT2D eigenvalue weighted by Crippen LogP contribution is -2.14. The Morgan fingerprint density at radius 2 is 2.05 bits per heavy atom. The largest absolute Gasteiger partial charge is 0.387 e. The van der Waals surface area contributed by atoms with Crippen molar-refractivity contribution in [2.75, 3.05) is 17.7 Å². The van der Waals surface area contributed by atoms with Gasteiger partial charge < -0.3 is 10.6 Å². The van der Waals surface area contributed by atoms with E-state index in [1.54, 1.807) is 31.4 Å². The Morgan fingerprint density at radius 1 is 1.26 bits per heavy atom. The highest BCUT2D eigenvalue weighted by molar-refractivity contribution is 6.34. The fourth-order valence-electron chi connectivity index (χ4n) is 1.64. The molecule has 0 unspecified atom stereocenters. The van der Waals surface area contributed by atoms with E-state index in [1.807, 2.05) is 19.1 Å². The molecule has 2 rings (SSSR count). The Balaban J connectivity index is 2.20. The van der Waals surface area contributed by atoms with E-state index in [9.17, 15) is 4.79 Å². The topological polar surface area (TPSA) is 54.0 Å². The first-order chi connectivity index (χ1) is 9.11. The van der Waals surface area contributed by atoms with E-state index >= 15 is 0 Å². The highest BCUT2D eigenvalue weighted by atomic mass is 35.5. The summed E-state index contributed by atoms with van der Waals surface area (Å²) < 4.78 is 0. The molecule has 1 aromatic heterocycles. The summed E-state index contributed by atoms with van der Waals surface area (Å²) in [7, 11) is 1.80. The lowest BCUT2D eigenvalue weighted by Gasteiger charge is -2.10. The number of pyridine rings is 1. The third kappa shape index (κ3) is 3.03. The first kappa shape index (κ1) is 13.4. The summed E-state index contributed by atoms with van der Waals surface area (Å²) in [6.07, 6.45) is 1.61. The van der Waals surface area contributed by atoms with Crippen molar-refractivity contribution in [3.05, 3.63) is 52.8 Å². The third-order valence-electron chi connectivity index (χ3n) is 2.75. The standard InChI is InChI=1S/C14H14ClN3O/c1-9-4-3-5-11(15)13(9)18-14(19)12-7-6-10(16-2)8-17-12/h3-8,16H,1-2H3,(H,18,19). The number of rotatable bonds is 3. The molecule has 2 aromatic rings. The number of anilines is 2. The van der Waals surface area contributed by atoms with Crippen molar-refractivity contribution in [1.82, 2.24) is 4.98 Å². The summed E-state index contributed by atoms with van der Waals surface area (Å²) in [4.78, 5) is 16.2. The van der Waals surface area contributed by atoms with Gasteiger partial charge in [-0.05, 0) is 30.7 Å². The van der Waals surface area contributed by atoms with Crippen LogP contribution >= 0.6 is 11.6 Å². The van der Waals surface area contributed by atoms with Crippen LogP contribution in [0.2, 0.25) is 5.02 Å². The van der Waals surface area contributed by atoms with Gasteiger partial charge in [0.15, 0.2) is 0 Å². The summed E-state index contributed by atoms with van der Waals surface area (Å²) >= 11 is 6.06. The van der Waals surface area contributed by atoms with E-state index in [1.165, 1.54) is 0 Å². The predicted octanol–water partition coefficient (Wildman–Crippen LogP) is 3.34. The van der Waals surface area contributed by atoms with Gasteiger partial charge in [0, 0.05) is 7.05 Å². The Kier molecular flexibility index (Phi) is 4.02. The van der Waals surface area contributed by atoms with Crippen LogP contribution in [-0.2, 0) is 0 Å². The maximum absolute atomic E-state index is 12.1. The van der Waals surface area contributed by atoms with Crippen molar-refractivity contribution >= 4 is 28.9 Å². The molecule has 1 amide bonds. The SMILES string of the molecule is CNc1ccc(C(=O)Nc2c(C)cccc2Cl)nc1. The van der Waals surface area contributed by atoms with Gasteiger partial charge in [-0.15, -0.1) is 0 Å². The Hall–Kier alpha value is -2.07. The van der Waals surface area contributed by atoms with Crippen molar-refractivity contribution in [2.24, 2.45) is 0 Å². The zero-order valence-corrected chi connectivity index (χ0v) is 11.5. The monoisotopic (exact) mass is 275 g/mol. The molecule has 0 aliphatic rings. The molecule has 1 aromatic carbocycles. The molecule has 0 fully saturated rings. The van der Waals surface area contributed by atoms with Gasteiger partial charge in [-0.25, -0.2) is 4.98 Å². The summed E-state index contributed by atoms with van der Waals surface area (Å²) in [6, 6.07) is 8.92. The van der Waals surface area contributed by atoms with E-state index in [0.29, 0.717) is 16.4 Å². The van der Waals surface area contributed by atoms with Crippen LogP contribution in [0.1, 0.15) is 16.1 Å². The fraction of sp³-hybridized carbons (Fsp3) is 0.143. The molecule has 0 saturated heterocycles. The van der Waals surface area contributed by atoms with Crippen LogP contribution < -0.4 is 10.6 Å². The first-order valence-electron chi connectivity index (χ1n) is 5.82. The highest BCUT2D eigenvalue weighted by Crippen LogP contribution is 2.25. The quantitative estimate of drug-likeness (QED) is 0.903. The molecule has 2 N–H and O–H groups in total. The summed E-state index contributed by atoms with van der Waals surface area (Å²) in [6.45, 7) is 1.89. The number of para-hydroxylation sites is 1. The number of hydrogen-bond acceptors (Lipinski definition) is 3. The van der Waals surface area contributed by atoms with E-state index in [4.69, 9.17) is 11.6 Å². The van der Waals surface area contributed by atoms with E-state index in [2.05, 4.69) is 15.6 Å². The number of nitrogens with zero attached hydrogens (tertiary/aromatic N) is 1. The maximum atomic E-state index is 12.1. The smallest absolute Gasteiger partial charge is 0.274 e. The van der Waals surface area contributed by atoms with E-state index in [-0.39, 0.29) is 5.91 Å². The predicted molar refractivity (Wildman–Crippen MR) is 77.9 cm³/mol. The minimum Gasteiger partial charge on any atom is -0.387 e. The van der Waals surface area contributed by atoms with Gasteiger partial charge >= 0.3 is 0 Å². The van der Waals surface area contributed by atoms with Crippen LogP contribution in [0.3, 0.4) is 0 Å². The number of aryl methyl sites for hydroxylation is 1. The maximum Gasteiger partial charge on any atom is 0.274 e. The average molecular weight is 276 g/mol. The molecule has 0 saturated carbocycles. The van der Waals surface area contributed by atoms with Crippen molar-refractivity contribution < 1.29 is 4.79 Å². The highest BCUT2D eigenvalue weighted by Gasteiger charge is 2.11. The minimum absolute atomic E-state index is 0.279. The molecule has 98 valence electrons. The molecular formula is C14H14ClN3O. The number of nitrogens with one attached hydrogen (secondary N) is 2. The number of amides is 1. The van der Waals surface area contributed by atoms with E-state index in [0.717, 1.165) is 11.3 Å². The van der Waals surface area contributed by atoms with Crippen LogP contribution in [0.4, 0.5) is 11.4 Å². The van der Waals surface area contributed by atoms with Crippen LogP contribution in [0.25, 0.3) is 0 Å². The lowest BCUT2D eigenvalue weighted by atomic mass is 10.2. The Morgan fingerprint density at radius 3 is 2.63 bits per heavy atom. The molecule has 0 aliphatic heterocycles. The number of aromatic nitrogens is 1. The average Bonchev–Trinajstić information content (AvgIpc) is 2.43. The Labute approximate surface area is 116 Å². The normalized spacial score (nSPS) is 10.1. The van der Waals surface area contributed by atoms with Crippen LogP contribution in [0.5, 0.6) is 0 Å². The molecule has 0 radical (unpaired) electrons. The third-order valence-corrected chi connectivity index (χ3v) is 3.06. The molecule has 19 heavy (non-hydrogen) atoms. The molecule has 0 spiro atoms. The van der Waals surface area contributed by atoms with Gasteiger partial charge in [-0.1, -0.05) is 23.7 Å². The zero-order valence-electron chi connectivity index (χ0n) is 10.7. The number of halogens is 1. The second kappa shape index (κ2) is 5.71. The first-order valence-corrected chi connectivity index (χ1v) is 6.20. The van der Waals surface area contributed by atoms with Crippen molar-refractivity contribution in [2.45, 2.75) is 6.92 Å². The summed E-state index contributed by atoms with van der Waals surface area (Å²) in [5, 5.41) is 6.24. The van der Waals surface area contributed by atoms with Gasteiger partial charge in [0.25, 0.3) is 5.91 Å². The van der Waals surface area contributed by atoms with Crippen molar-refractivity contribution in [1.29, 1.82) is 0 Å². The van der Waals surface area contributed by atoms with Gasteiger partial charge in [0.2, 0.25) is 0 Å². The Bertz CT molecular complexity index is 576. The van der Waals surface area contributed by atoms with Gasteiger partial charge in [0.05, 0.1) is 22.6 Å². The molecule has 0 bridgehead atoms. The number of carbonyl (C=O) groups is 1. The molecule has 1 heterocycles. The van der Waals surface area contributed by atoms with Crippen LogP contribution in [-0.4, -0.2) is 17.9 Å². The van der Waals surface area contributed by atoms with E-state index < -0.39 is 0 Å². The van der Waals surface area contributed by atoms with Gasteiger partial charge in [-0.2, -0.15) is 0 Å². The van der Waals surface area contributed by atoms with Gasteiger partial charge in [-0.3, -0.25) is 4.79 Å². The molecule has 0 aliphatic carbocycles. The zero-order chi connectivity index (χ0) is 13.8. The second-order valence-corrected chi connectivity index (χ2v) is 4.48. The lowest BCUT2D eigenvalue weighted by molar-refractivity contribution is 0.102. The molecule has 4 nitrogen and oxygen atoms in total. The number of hydrogen-bond donors (Lipinski definition) is 2. The summed E-state index contributed by atoms with van der Waals surface area (Å²) in [5.41, 5.74) is 2.73. The number of carbonyl (C=O) groups excluding carboxylic acids is 1. The van der Waals surface area contributed by atoms with Crippen LogP contribution in [0, 0.1) is 6.92 Å². The molecule has 0 atom stereocenters. The number of benzene rings is 1. The van der Waals surface area contributed by atoms with Crippen LogP contribution in [0.15, 0.2) is 36.5 Å². The second-order valence-electron chi connectivity index (χ2n) is 4.07.